The highest BCUT2D eigenvalue weighted by Crippen LogP contribution is 2.03. The van der Waals surface area contributed by atoms with Crippen molar-refractivity contribution in [3.05, 3.63) is 35.9 Å². The summed E-state index contributed by atoms with van der Waals surface area (Å²) in [5.74, 6) is -3.86. The molecule has 0 spiro atoms. The normalized spacial score (nSPS) is 13.3. The minimum absolute atomic E-state index is 0.128. The summed E-state index contributed by atoms with van der Waals surface area (Å²) in [5.41, 5.74) is 5.36. The number of nitrogens with one attached hydrogen (secondary N) is 2. The number of rotatable bonds is 9. The van der Waals surface area contributed by atoms with Crippen molar-refractivity contribution in [2.45, 2.75) is 24.9 Å². The summed E-state index contributed by atoms with van der Waals surface area (Å²) in [4.78, 5) is 32.5. The van der Waals surface area contributed by atoms with Crippen molar-refractivity contribution in [2.24, 2.45) is 0 Å². The molecule has 0 fully saturated rings. The lowest BCUT2D eigenvalue weighted by Gasteiger charge is -2.19. The van der Waals surface area contributed by atoms with Gasteiger partial charge in [-0.15, -0.1) is 0 Å². The number of benzene rings is 1. The van der Waals surface area contributed by atoms with Gasteiger partial charge in [0, 0.05) is 0 Å². The first-order valence-corrected chi connectivity index (χ1v) is 6.12. The summed E-state index contributed by atoms with van der Waals surface area (Å²) >= 11 is 0. The second kappa shape index (κ2) is 7.98. The maximum atomic E-state index is 11.1. The van der Waals surface area contributed by atoms with Gasteiger partial charge in [0.05, 0.1) is 6.42 Å². The van der Waals surface area contributed by atoms with Gasteiger partial charge in [-0.25, -0.2) is 10.9 Å². The van der Waals surface area contributed by atoms with E-state index < -0.39 is 36.4 Å². The van der Waals surface area contributed by atoms with Crippen LogP contribution < -0.4 is 10.9 Å². The van der Waals surface area contributed by atoms with E-state index in [4.69, 9.17) is 15.3 Å². The third-order valence-electron chi connectivity index (χ3n) is 2.69. The van der Waals surface area contributed by atoms with E-state index in [-0.39, 0.29) is 6.42 Å². The molecule has 0 amide bonds. The molecule has 114 valence electrons. The molecule has 0 aromatic heterocycles. The Balaban J connectivity index is 2.64. The molecule has 5 N–H and O–H groups in total. The molecule has 2 atom stereocenters. The Morgan fingerprint density at radius 2 is 1.43 bits per heavy atom. The summed E-state index contributed by atoms with van der Waals surface area (Å²) in [7, 11) is 0. The molecule has 0 unspecified atom stereocenters. The van der Waals surface area contributed by atoms with Crippen LogP contribution in [-0.4, -0.2) is 45.3 Å². The Hall–Kier alpha value is -2.45. The van der Waals surface area contributed by atoms with Crippen LogP contribution in [0.4, 0.5) is 0 Å². The average molecular weight is 296 g/mol. The number of hydrazine groups is 1. The molecule has 1 aromatic rings. The van der Waals surface area contributed by atoms with Gasteiger partial charge in [0.25, 0.3) is 0 Å². The SMILES string of the molecule is O=C(O)C[C@H](NN[C@@H](Cc1ccccc1)C(=O)O)C(=O)O. The van der Waals surface area contributed by atoms with Crippen molar-refractivity contribution in [2.75, 3.05) is 0 Å². The maximum Gasteiger partial charge on any atom is 0.322 e. The third-order valence-corrected chi connectivity index (χ3v) is 2.69. The van der Waals surface area contributed by atoms with Crippen LogP contribution in [0.25, 0.3) is 0 Å². The maximum absolute atomic E-state index is 11.1. The monoisotopic (exact) mass is 296 g/mol. The van der Waals surface area contributed by atoms with Crippen molar-refractivity contribution < 1.29 is 29.7 Å². The van der Waals surface area contributed by atoms with E-state index in [1.165, 1.54) is 0 Å². The molecular formula is C13H16N2O6. The number of hydrogen-bond acceptors (Lipinski definition) is 5. The molecule has 1 aromatic carbocycles. The molecule has 21 heavy (non-hydrogen) atoms. The fourth-order valence-electron chi connectivity index (χ4n) is 1.63. The molecule has 0 aliphatic heterocycles. The van der Waals surface area contributed by atoms with Crippen LogP contribution in [-0.2, 0) is 20.8 Å². The van der Waals surface area contributed by atoms with Crippen LogP contribution in [0, 0.1) is 0 Å². The summed E-state index contributed by atoms with van der Waals surface area (Å²) in [6.45, 7) is 0. The first-order valence-electron chi connectivity index (χ1n) is 6.12. The van der Waals surface area contributed by atoms with E-state index in [0.717, 1.165) is 5.56 Å². The second-order valence-corrected chi connectivity index (χ2v) is 4.36. The lowest BCUT2D eigenvalue weighted by atomic mass is 10.1. The molecule has 0 aliphatic carbocycles. The van der Waals surface area contributed by atoms with Gasteiger partial charge in [0.15, 0.2) is 0 Å². The Morgan fingerprint density at radius 1 is 0.905 bits per heavy atom. The van der Waals surface area contributed by atoms with Crippen LogP contribution in [0.2, 0.25) is 0 Å². The molecule has 0 aliphatic rings. The lowest BCUT2D eigenvalue weighted by molar-refractivity contribution is -0.147. The van der Waals surface area contributed by atoms with Gasteiger partial charge >= 0.3 is 17.9 Å². The van der Waals surface area contributed by atoms with Crippen LogP contribution in [0.15, 0.2) is 30.3 Å². The van der Waals surface area contributed by atoms with Crippen LogP contribution >= 0.6 is 0 Å². The van der Waals surface area contributed by atoms with Gasteiger partial charge in [0.2, 0.25) is 0 Å². The molecule has 0 heterocycles. The van der Waals surface area contributed by atoms with E-state index in [1.807, 2.05) is 0 Å². The second-order valence-electron chi connectivity index (χ2n) is 4.36. The smallest absolute Gasteiger partial charge is 0.322 e. The Kier molecular flexibility index (Phi) is 6.31. The number of carboxylic acid groups (broad SMARTS) is 3. The topological polar surface area (TPSA) is 136 Å². The number of carboxylic acids is 3. The highest BCUT2D eigenvalue weighted by molar-refractivity contribution is 5.80. The summed E-state index contributed by atoms with van der Waals surface area (Å²) < 4.78 is 0. The predicted octanol–water partition coefficient (Wildman–Crippen LogP) is -0.296. The fraction of sp³-hybridized carbons (Fsp3) is 0.308. The highest BCUT2D eigenvalue weighted by atomic mass is 16.4. The van der Waals surface area contributed by atoms with Gasteiger partial charge in [-0.3, -0.25) is 14.4 Å². The Morgan fingerprint density at radius 3 is 1.90 bits per heavy atom. The predicted molar refractivity (Wildman–Crippen MR) is 71.5 cm³/mol. The molecule has 8 nitrogen and oxygen atoms in total. The quantitative estimate of drug-likeness (QED) is 0.392. The molecule has 0 bridgehead atoms. The van der Waals surface area contributed by atoms with Gasteiger partial charge in [-0.2, -0.15) is 0 Å². The minimum Gasteiger partial charge on any atom is -0.481 e. The van der Waals surface area contributed by atoms with Crippen LogP contribution in [0.3, 0.4) is 0 Å². The number of carbonyl (C=O) groups is 3. The zero-order valence-corrected chi connectivity index (χ0v) is 11.0. The fourth-order valence-corrected chi connectivity index (χ4v) is 1.63. The molecular weight excluding hydrogens is 280 g/mol. The molecule has 0 saturated carbocycles. The zero-order chi connectivity index (χ0) is 15.8. The van der Waals surface area contributed by atoms with Crippen molar-refractivity contribution in [1.82, 2.24) is 10.9 Å². The average Bonchev–Trinajstić information content (AvgIpc) is 2.42. The lowest BCUT2D eigenvalue weighted by Crippen LogP contribution is -2.53. The van der Waals surface area contributed by atoms with Gasteiger partial charge in [-0.1, -0.05) is 30.3 Å². The molecule has 8 heteroatoms. The largest absolute Gasteiger partial charge is 0.481 e. The van der Waals surface area contributed by atoms with E-state index >= 15 is 0 Å². The zero-order valence-electron chi connectivity index (χ0n) is 11.0. The number of hydrogen-bond donors (Lipinski definition) is 5. The van der Waals surface area contributed by atoms with E-state index in [9.17, 15) is 14.4 Å². The standard InChI is InChI=1S/C13H16N2O6/c16-11(17)7-10(13(20)21)15-14-9(12(18)19)6-8-4-2-1-3-5-8/h1-5,9-10,14-15H,6-7H2,(H,16,17)(H,18,19)(H,20,21)/t9-,10-/m0/s1. The van der Waals surface area contributed by atoms with Crippen molar-refractivity contribution >= 4 is 17.9 Å². The molecule has 1 rings (SSSR count). The first kappa shape index (κ1) is 16.6. The summed E-state index contributed by atoms with van der Waals surface area (Å²) in [5, 5.41) is 26.5. The van der Waals surface area contributed by atoms with Crippen molar-refractivity contribution in [3.63, 3.8) is 0 Å². The van der Waals surface area contributed by atoms with Crippen LogP contribution in [0.1, 0.15) is 12.0 Å². The van der Waals surface area contributed by atoms with Crippen molar-refractivity contribution in [3.8, 4) is 0 Å². The number of aliphatic carboxylic acids is 3. The Bertz CT molecular complexity index is 505. The Labute approximate surface area is 120 Å². The van der Waals surface area contributed by atoms with Crippen molar-refractivity contribution in [1.29, 1.82) is 0 Å². The third kappa shape index (κ3) is 6.02. The molecule has 0 saturated heterocycles. The van der Waals surface area contributed by atoms with Gasteiger partial charge in [0.1, 0.15) is 12.1 Å². The first-order chi connectivity index (χ1) is 9.90. The summed E-state index contributed by atoms with van der Waals surface area (Å²) in [6.07, 6.45) is -0.539. The highest BCUT2D eigenvalue weighted by Gasteiger charge is 2.24. The van der Waals surface area contributed by atoms with Gasteiger partial charge < -0.3 is 15.3 Å². The molecule has 0 radical (unpaired) electrons. The minimum atomic E-state index is -1.42. The summed E-state index contributed by atoms with van der Waals surface area (Å²) in [6, 6.07) is 6.28. The van der Waals surface area contributed by atoms with Crippen LogP contribution in [0.5, 0.6) is 0 Å². The van der Waals surface area contributed by atoms with E-state index in [1.54, 1.807) is 30.3 Å². The van der Waals surface area contributed by atoms with Gasteiger partial charge in [-0.05, 0) is 12.0 Å². The van der Waals surface area contributed by atoms with E-state index in [0.29, 0.717) is 0 Å². The van der Waals surface area contributed by atoms with E-state index in [2.05, 4.69) is 10.9 Å².